The third kappa shape index (κ3) is 3.44. The lowest BCUT2D eigenvalue weighted by Crippen LogP contribution is -2.46. The molecule has 2 fully saturated rings. The van der Waals surface area contributed by atoms with Crippen molar-refractivity contribution in [3.8, 4) is 0 Å². The van der Waals surface area contributed by atoms with Crippen molar-refractivity contribution in [3.05, 3.63) is 29.8 Å². The average molecular weight is 289 g/mol. The van der Waals surface area contributed by atoms with E-state index in [0.29, 0.717) is 18.8 Å². The fraction of sp³-hybridized carbons (Fsp3) is 0.588. The molecule has 21 heavy (non-hydrogen) atoms. The van der Waals surface area contributed by atoms with Gasteiger partial charge in [0.1, 0.15) is 5.78 Å². The Balaban J connectivity index is 1.62. The number of Topliss-reactive ketones (excluding diaryl/α,β-unsaturated/α-hetero) is 1. The molecule has 1 aromatic rings. The van der Waals surface area contributed by atoms with Crippen LogP contribution < -0.4 is 5.73 Å². The standard InChI is InChI=1S/C17H23NO3/c18-15-3-1-13(2-4-15)11-16(19)14-5-8-21-17(12-14)6-9-20-10-7-17/h1-4,14H,5-12,18H2. The van der Waals surface area contributed by atoms with Gasteiger partial charge in [0.15, 0.2) is 0 Å². The second kappa shape index (κ2) is 6.16. The molecule has 2 N–H and O–H groups in total. The van der Waals surface area contributed by atoms with E-state index in [-0.39, 0.29) is 11.5 Å². The molecule has 4 nitrogen and oxygen atoms in total. The maximum atomic E-state index is 12.6. The smallest absolute Gasteiger partial charge is 0.140 e. The minimum absolute atomic E-state index is 0.113. The van der Waals surface area contributed by atoms with E-state index in [4.69, 9.17) is 15.2 Å². The maximum absolute atomic E-state index is 12.6. The molecule has 1 aromatic carbocycles. The SMILES string of the molecule is Nc1ccc(CC(=O)C2CCOC3(CCOCC3)C2)cc1. The Labute approximate surface area is 125 Å². The summed E-state index contributed by atoms with van der Waals surface area (Å²) in [5, 5.41) is 0. The summed E-state index contributed by atoms with van der Waals surface area (Å²) in [7, 11) is 0. The molecular formula is C17H23NO3. The number of hydrogen-bond donors (Lipinski definition) is 1. The third-order valence-electron chi connectivity index (χ3n) is 4.71. The Bertz CT molecular complexity index is 486. The first-order valence-corrected chi connectivity index (χ1v) is 7.76. The highest BCUT2D eigenvalue weighted by molar-refractivity contribution is 5.83. The molecule has 2 aliphatic rings. The van der Waals surface area contributed by atoms with Gasteiger partial charge in [0.05, 0.1) is 5.60 Å². The van der Waals surface area contributed by atoms with E-state index < -0.39 is 0 Å². The van der Waals surface area contributed by atoms with Crippen LogP contribution in [-0.4, -0.2) is 31.2 Å². The Morgan fingerprint density at radius 3 is 2.62 bits per heavy atom. The first kappa shape index (κ1) is 14.5. The number of ether oxygens (including phenoxy) is 2. The predicted molar refractivity (Wildman–Crippen MR) is 81.0 cm³/mol. The largest absolute Gasteiger partial charge is 0.399 e. The summed E-state index contributed by atoms with van der Waals surface area (Å²) in [5.41, 5.74) is 7.35. The van der Waals surface area contributed by atoms with Gasteiger partial charge in [-0.05, 0) is 43.4 Å². The van der Waals surface area contributed by atoms with Crippen LogP contribution in [0, 0.1) is 5.92 Å². The highest BCUT2D eigenvalue weighted by Crippen LogP contribution is 2.37. The van der Waals surface area contributed by atoms with E-state index in [1.807, 2.05) is 24.3 Å². The zero-order valence-corrected chi connectivity index (χ0v) is 12.3. The van der Waals surface area contributed by atoms with Gasteiger partial charge in [-0.3, -0.25) is 4.79 Å². The van der Waals surface area contributed by atoms with Crippen LogP contribution in [0.25, 0.3) is 0 Å². The number of rotatable bonds is 3. The van der Waals surface area contributed by atoms with Crippen LogP contribution in [0.1, 0.15) is 31.2 Å². The van der Waals surface area contributed by atoms with Gasteiger partial charge in [0, 0.05) is 37.8 Å². The van der Waals surface area contributed by atoms with Crippen molar-refractivity contribution in [1.29, 1.82) is 0 Å². The van der Waals surface area contributed by atoms with E-state index in [9.17, 15) is 4.79 Å². The van der Waals surface area contributed by atoms with E-state index in [1.54, 1.807) is 0 Å². The summed E-state index contributed by atoms with van der Waals surface area (Å²) in [6.45, 7) is 2.19. The van der Waals surface area contributed by atoms with Gasteiger partial charge >= 0.3 is 0 Å². The van der Waals surface area contributed by atoms with Crippen LogP contribution in [0.4, 0.5) is 5.69 Å². The van der Waals surface area contributed by atoms with Crippen molar-refractivity contribution in [2.75, 3.05) is 25.6 Å². The van der Waals surface area contributed by atoms with Crippen LogP contribution in [-0.2, 0) is 20.7 Å². The van der Waals surface area contributed by atoms with Gasteiger partial charge in [-0.15, -0.1) is 0 Å². The number of nitrogens with two attached hydrogens (primary N) is 1. The van der Waals surface area contributed by atoms with Gasteiger partial charge in [-0.25, -0.2) is 0 Å². The minimum Gasteiger partial charge on any atom is -0.399 e. The van der Waals surface area contributed by atoms with Gasteiger partial charge in [-0.1, -0.05) is 12.1 Å². The number of anilines is 1. The zero-order chi connectivity index (χ0) is 14.7. The van der Waals surface area contributed by atoms with Crippen LogP contribution in [0.15, 0.2) is 24.3 Å². The van der Waals surface area contributed by atoms with Gasteiger partial charge < -0.3 is 15.2 Å². The summed E-state index contributed by atoms with van der Waals surface area (Å²) < 4.78 is 11.4. The molecule has 0 aliphatic carbocycles. The van der Waals surface area contributed by atoms with Crippen LogP contribution in [0.3, 0.4) is 0 Å². The molecule has 1 spiro atoms. The quantitative estimate of drug-likeness (QED) is 0.868. The highest BCUT2D eigenvalue weighted by Gasteiger charge is 2.40. The van der Waals surface area contributed by atoms with Crippen molar-refractivity contribution < 1.29 is 14.3 Å². The summed E-state index contributed by atoms with van der Waals surface area (Å²) in [4.78, 5) is 12.6. The van der Waals surface area contributed by atoms with E-state index in [0.717, 1.165) is 50.1 Å². The molecule has 2 saturated heterocycles. The number of carbonyl (C=O) groups excluding carboxylic acids is 1. The number of hydrogen-bond acceptors (Lipinski definition) is 4. The first-order valence-electron chi connectivity index (χ1n) is 7.76. The van der Waals surface area contributed by atoms with E-state index in [1.165, 1.54) is 0 Å². The molecule has 0 aromatic heterocycles. The second-order valence-corrected chi connectivity index (χ2v) is 6.22. The van der Waals surface area contributed by atoms with Gasteiger partial charge in [-0.2, -0.15) is 0 Å². The van der Waals surface area contributed by atoms with Crippen LogP contribution in [0.5, 0.6) is 0 Å². The normalized spacial score (nSPS) is 24.9. The Hall–Kier alpha value is -1.39. The summed E-state index contributed by atoms with van der Waals surface area (Å²) in [6.07, 6.45) is 4.02. The summed E-state index contributed by atoms with van der Waals surface area (Å²) in [6, 6.07) is 7.59. The number of benzene rings is 1. The Morgan fingerprint density at radius 2 is 1.90 bits per heavy atom. The maximum Gasteiger partial charge on any atom is 0.140 e. The summed E-state index contributed by atoms with van der Waals surface area (Å²) in [5.74, 6) is 0.448. The van der Waals surface area contributed by atoms with Gasteiger partial charge in [0.2, 0.25) is 0 Å². The highest BCUT2D eigenvalue weighted by atomic mass is 16.5. The van der Waals surface area contributed by atoms with Crippen LogP contribution >= 0.6 is 0 Å². The molecule has 114 valence electrons. The van der Waals surface area contributed by atoms with Crippen molar-refractivity contribution in [2.45, 2.75) is 37.7 Å². The molecule has 0 radical (unpaired) electrons. The van der Waals surface area contributed by atoms with Crippen molar-refractivity contribution in [1.82, 2.24) is 0 Å². The van der Waals surface area contributed by atoms with Crippen molar-refractivity contribution >= 4 is 11.5 Å². The lowest BCUT2D eigenvalue weighted by atomic mass is 9.78. The minimum atomic E-state index is -0.113. The number of carbonyl (C=O) groups is 1. The third-order valence-corrected chi connectivity index (χ3v) is 4.71. The summed E-state index contributed by atoms with van der Waals surface area (Å²) >= 11 is 0. The monoisotopic (exact) mass is 289 g/mol. The topological polar surface area (TPSA) is 61.6 Å². The Kier molecular flexibility index (Phi) is 4.27. The molecule has 3 rings (SSSR count). The zero-order valence-electron chi connectivity index (χ0n) is 12.3. The van der Waals surface area contributed by atoms with E-state index >= 15 is 0 Å². The fourth-order valence-electron chi connectivity index (χ4n) is 3.38. The fourth-order valence-corrected chi connectivity index (χ4v) is 3.38. The predicted octanol–water partition coefficient (Wildman–Crippen LogP) is 2.36. The molecule has 0 bridgehead atoms. The molecule has 1 atom stereocenters. The van der Waals surface area contributed by atoms with Gasteiger partial charge in [0.25, 0.3) is 0 Å². The molecule has 2 aliphatic heterocycles. The molecule has 2 heterocycles. The van der Waals surface area contributed by atoms with Crippen molar-refractivity contribution in [3.63, 3.8) is 0 Å². The number of nitrogen functional groups attached to an aromatic ring is 1. The van der Waals surface area contributed by atoms with Crippen molar-refractivity contribution in [2.24, 2.45) is 5.92 Å². The molecule has 1 unspecified atom stereocenters. The van der Waals surface area contributed by atoms with Crippen LogP contribution in [0.2, 0.25) is 0 Å². The lowest BCUT2D eigenvalue weighted by Gasteiger charge is -2.43. The Morgan fingerprint density at radius 1 is 1.19 bits per heavy atom. The van der Waals surface area contributed by atoms with E-state index in [2.05, 4.69) is 0 Å². The first-order chi connectivity index (χ1) is 10.2. The second-order valence-electron chi connectivity index (χ2n) is 6.22. The molecule has 0 saturated carbocycles. The molecule has 0 amide bonds. The molecular weight excluding hydrogens is 266 g/mol. The number of ketones is 1. The average Bonchev–Trinajstić information content (AvgIpc) is 2.50. The molecule has 4 heteroatoms. The lowest BCUT2D eigenvalue weighted by molar-refractivity contribution is -0.156.